The van der Waals surface area contributed by atoms with Crippen molar-refractivity contribution in [2.45, 2.75) is 49.2 Å². The molecular formula is C18H25ClN2O4S. The number of carbonyl (C=O) groups excluding carboxylic acids is 2. The van der Waals surface area contributed by atoms with Crippen LogP contribution in [-0.4, -0.2) is 49.5 Å². The van der Waals surface area contributed by atoms with Crippen LogP contribution in [0.3, 0.4) is 0 Å². The average molecular weight is 401 g/mol. The second-order valence-electron chi connectivity index (χ2n) is 6.43. The number of nitrogens with one attached hydrogen (secondary N) is 1. The monoisotopic (exact) mass is 400 g/mol. The Morgan fingerprint density at radius 2 is 1.73 bits per heavy atom. The first-order chi connectivity index (χ1) is 12.3. The van der Waals surface area contributed by atoms with E-state index in [0.29, 0.717) is 24.4 Å². The maximum absolute atomic E-state index is 13.3. The zero-order valence-electron chi connectivity index (χ0n) is 15.1. The standard InChI is InChI=1S/C18H25ClN2O4S/c1-3-20-16(22)13-21(4-2)17(23)18(11-5-6-12-18)26(24,25)15-9-7-14(19)8-10-15/h7-10H,3-6,11-13H2,1-2H3,(H,20,22). The summed E-state index contributed by atoms with van der Waals surface area (Å²) in [6.45, 7) is 4.13. The highest BCUT2D eigenvalue weighted by atomic mass is 35.5. The number of benzene rings is 1. The summed E-state index contributed by atoms with van der Waals surface area (Å²) < 4.78 is 25.2. The minimum Gasteiger partial charge on any atom is -0.355 e. The normalized spacial score (nSPS) is 16.3. The van der Waals surface area contributed by atoms with Crippen LogP contribution in [0.25, 0.3) is 0 Å². The Balaban J connectivity index is 2.40. The number of amides is 2. The fraction of sp³-hybridized carbons (Fsp3) is 0.556. The van der Waals surface area contributed by atoms with Crippen LogP contribution in [-0.2, 0) is 19.4 Å². The zero-order valence-corrected chi connectivity index (χ0v) is 16.7. The van der Waals surface area contributed by atoms with Crippen molar-refractivity contribution in [2.75, 3.05) is 19.6 Å². The molecule has 144 valence electrons. The van der Waals surface area contributed by atoms with Crippen molar-refractivity contribution in [1.29, 1.82) is 0 Å². The Kier molecular flexibility index (Phi) is 6.69. The molecule has 1 aromatic carbocycles. The Bertz CT molecular complexity index is 756. The summed E-state index contributed by atoms with van der Waals surface area (Å²) >= 11 is 5.86. The van der Waals surface area contributed by atoms with Crippen molar-refractivity contribution in [1.82, 2.24) is 10.2 Å². The quantitative estimate of drug-likeness (QED) is 0.761. The third-order valence-corrected chi connectivity index (χ3v) is 7.57. The Labute approximate surface area is 159 Å². The van der Waals surface area contributed by atoms with E-state index >= 15 is 0 Å². The van der Waals surface area contributed by atoms with Crippen LogP contribution in [0.2, 0.25) is 5.02 Å². The first kappa shape index (κ1) is 20.7. The van der Waals surface area contributed by atoms with Gasteiger partial charge in [0, 0.05) is 18.1 Å². The average Bonchev–Trinajstić information content (AvgIpc) is 3.11. The molecule has 8 heteroatoms. The lowest BCUT2D eigenvalue weighted by Gasteiger charge is -2.33. The Morgan fingerprint density at radius 1 is 1.15 bits per heavy atom. The minimum atomic E-state index is -3.90. The number of sulfone groups is 1. The van der Waals surface area contributed by atoms with Gasteiger partial charge in [0.15, 0.2) is 14.6 Å². The van der Waals surface area contributed by atoms with Gasteiger partial charge in [0.05, 0.1) is 11.4 Å². The predicted molar refractivity (Wildman–Crippen MR) is 101 cm³/mol. The van der Waals surface area contributed by atoms with Crippen molar-refractivity contribution in [3.8, 4) is 0 Å². The van der Waals surface area contributed by atoms with Gasteiger partial charge in [0.1, 0.15) is 0 Å². The predicted octanol–water partition coefficient (Wildman–Crippen LogP) is 2.41. The molecule has 26 heavy (non-hydrogen) atoms. The summed E-state index contributed by atoms with van der Waals surface area (Å²) in [6, 6.07) is 5.89. The van der Waals surface area contributed by atoms with Crippen LogP contribution in [0, 0.1) is 0 Å². The Hall–Kier alpha value is -1.60. The number of rotatable bonds is 7. The molecule has 0 atom stereocenters. The molecule has 0 heterocycles. The van der Waals surface area contributed by atoms with Crippen molar-refractivity contribution in [2.24, 2.45) is 0 Å². The fourth-order valence-corrected chi connectivity index (χ4v) is 5.68. The molecule has 0 aromatic heterocycles. The summed E-state index contributed by atoms with van der Waals surface area (Å²) in [4.78, 5) is 26.6. The molecule has 2 amide bonds. The van der Waals surface area contributed by atoms with Crippen LogP contribution in [0.5, 0.6) is 0 Å². The summed E-state index contributed by atoms with van der Waals surface area (Å²) in [6.07, 6.45) is 1.86. The van der Waals surface area contributed by atoms with Gasteiger partial charge < -0.3 is 10.2 Å². The van der Waals surface area contributed by atoms with E-state index in [1.54, 1.807) is 13.8 Å². The van der Waals surface area contributed by atoms with Crippen LogP contribution < -0.4 is 5.32 Å². The topological polar surface area (TPSA) is 83.6 Å². The maximum Gasteiger partial charge on any atom is 0.244 e. The van der Waals surface area contributed by atoms with E-state index in [9.17, 15) is 18.0 Å². The maximum atomic E-state index is 13.3. The highest BCUT2D eigenvalue weighted by Crippen LogP contribution is 2.42. The lowest BCUT2D eigenvalue weighted by atomic mass is 10.1. The van der Waals surface area contributed by atoms with Gasteiger partial charge in [0.25, 0.3) is 0 Å². The molecule has 1 aliphatic carbocycles. The third-order valence-electron chi connectivity index (χ3n) is 4.82. The van der Waals surface area contributed by atoms with Gasteiger partial charge in [-0.3, -0.25) is 9.59 Å². The molecule has 0 aliphatic heterocycles. The summed E-state index contributed by atoms with van der Waals surface area (Å²) in [5.41, 5.74) is 0. The number of likely N-dealkylation sites (N-methyl/N-ethyl adjacent to an activating group) is 2. The molecule has 1 saturated carbocycles. The molecule has 1 N–H and O–H groups in total. The van der Waals surface area contributed by atoms with Crippen LogP contribution >= 0.6 is 11.6 Å². The number of halogens is 1. The summed E-state index contributed by atoms with van der Waals surface area (Å²) in [7, 11) is -3.90. The highest BCUT2D eigenvalue weighted by molar-refractivity contribution is 7.93. The lowest BCUT2D eigenvalue weighted by Crippen LogP contribution is -2.54. The van der Waals surface area contributed by atoms with Gasteiger partial charge in [-0.05, 0) is 51.0 Å². The molecular weight excluding hydrogens is 376 g/mol. The van der Waals surface area contributed by atoms with E-state index in [4.69, 9.17) is 11.6 Å². The van der Waals surface area contributed by atoms with Gasteiger partial charge in [-0.2, -0.15) is 0 Å². The first-order valence-electron chi connectivity index (χ1n) is 8.84. The number of hydrogen-bond donors (Lipinski definition) is 1. The molecule has 1 aliphatic rings. The zero-order chi connectivity index (χ0) is 19.4. The molecule has 0 saturated heterocycles. The van der Waals surface area contributed by atoms with E-state index in [0.717, 1.165) is 0 Å². The second kappa shape index (κ2) is 8.39. The van der Waals surface area contributed by atoms with E-state index in [1.807, 2.05) is 0 Å². The van der Waals surface area contributed by atoms with Crippen LogP contribution in [0.4, 0.5) is 0 Å². The largest absolute Gasteiger partial charge is 0.355 e. The molecule has 0 radical (unpaired) electrons. The molecule has 0 spiro atoms. The lowest BCUT2D eigenvalue weighted by molar-refractivity contribution is -0.138. The number of carbonyl (C=O) groups is 2. The molecule has 1 fully saturated rings. The molecule has 0 bridgehead atoms. The number of nitrogens with zero attached hydrogens (tertiary/aromatic N) is 1. The van der Waals surface area contributed by atoms with E-state index in [2.05, 4.69) is 5.32 Å². The van der Waals surface area contributed by atoms with Gasteiger partial charge in [-0.1, -0.05) is 24.4 Å². The van der Waals surface area contributed by atoms with E-state index < -0.39 is 20.5 Å². The Morgan fingerprint density at radius 3 is 2.23 bits per heavy atom. The molecule has 1 aromatic rings. The van der Waals surface area contributed by atoms with Crippen LogP contribution in [0.15, 0.2) is 29.2 Å². The minimum absolute atomic E-state index is 0.0891. The van der Waals surface area contributed by atoms with E-state index in [1.165, 1.54) is 29.2 Å². The third kappa shape index (κ3) is 3.88. The summed E-state index contributed by atoms with van der Waals surface area (Å²) in [5, 5.41) is 3.08. The molecule has 6 nitrogen and oxygen atoms in total. The smallest absolute Gasteiger partial charge is 0.244 e. The highest BCUT2D eigenvalue weighted by Gasteiger charge is 2.54. The second-order valence-corrected chi connectivity index (χ2v) is 9.13. The fourth-order valence-electron chi connectivity index (χ4n) is 3.42. The van der Waals surface area contributed by atoms with Gasteiger partial charge in [0.2, 0.25) is 11.8 Å². The SMILES string of the molecule is CCNC(=O)CN(CC)C(=O)C1(S(=O)(=O)c2ccc(Cl)cc2)CCCC1. The summed E-state index contributed by atoms with van der Waals surface area (Å²) in [5.74, 6) is -0.779. The van der Waals surface area contributed by atoms with Crippen LogP contribution in [0.1, 0.15) is 39.5 Å². The van der Waals surface area contributed by atoms with Gasteiger partial charge >= 0.3 is 0 Å². The molecule has 2 rings (SSSR count). The van der Waals surface area contributed by atoms with E-state index in [-0.39, 0.29) is 36.7 Å². The molecule has 0 unspecified atom stereocenters. The number of hydrogen-bond acceptors (Lipinski definition) is 4. The van der Waals surface area contributed by atoms with Gasteiger partial charge in [-0.25, -0.2) is 8.42 Å². The van der Waals surface area contributed by atoms with Crippen molar-refractivity contribution >= 4 is 33.3 Å². The van der Waals surface area contributed by atoms with Crippen molar-refractivity contribution in [3.63, 3.8) is 0 Å². The first-order valence-corrected chi connectivity index (χ1v) is 10.7. The van der Waals surface area contributed by atoms with Crippen molar-refractivity contribution in [3.05, 3.63) is 29.3 Å². The van der Waals surface area contributed by atoms with Gasteiger partial charge in [-0.15, -0.1) is 0 Å². The van der Waals surface area contributed by atoms with Crippen molar-refractivity contribution < 1.29 is 18.0 Å².